The minimum absolute atomic E-state index is 0.0807. The fourth-order valence-corrected chi connectivity index (χ4v) is 5.13. The standard InChI is InChI=1S/C23H25N7O4/c1-15-19(13-34-21(15)32)29-9-6-23(22(29)33)4-7-28(8-5-23)12-20(31)16-2-3-18(17(10-16)11-24)30-14-25-26-27-30/h2-3,10,14,20,31H,4-9,12-13H2,1H3/t20-/m1/s1. The third-order valence-electron chi connectivity index (χ3n) is 7.28. The Labute approximate surface area is 196 Å². The summed E-state index contributed by atoms with van der Waals surface area (Å²) in [7, 11) is 0. The number of aliphatic hydroxyl groups excluding tert-OH is 1. The van der Waals surface area contributed by atoms with Crippen molar-refractivity contribution in [2.24, 2.45) is 5.41 Å². The fraction of sp³-hybridized carbons (Fsp3) is 0.478. The van der Waals surface area contributed by atoms with Crippen LogP contribution in [-0.4, -0.2) is 79.8 Å². The molecule has 3 aliphatic heterocycles. The molecule has 176 valence electrons. The number of aromatic nitrogens is 4. The molecule has 0 bridgehead atoms. The molecular formula is C23H25N7O4. The molecule has 1 amide bonds. The number of likely N-dealkylation sites (tertiary alicyclic amines) is 2. The Hall–Kier alpha value is -3.62. The molecule has 2 saturated heterocycles. The highest BCUT2D eigenvalue weighted by Crippen LogP contribution is 2.44. The van der Waals surface area contributed by atoms with Gasteiger partial charge >= 0.3 is 5.97 Å². The predicted octanol–water partition coefficient (Wildman–Crippen LogP) is 0.713. The maximum absolute atomic E-state index is 13.3. The van der Waals surface area contributed by atoms with Crippen LogP contribution >= 0.6 is 0 Å². The second-order valence-corrected chi connectivity index (χ2v) is 9.09. The quantitative estimate of drug-likeness (QED) is 0.636. The van der Waals surface area contributed by atoms with E-state index in [0.29, 0.717) is 67.1 Å². The van der Waals surface area contributed by atoms with E-state index in [1.807, 2.05) is 0 Å². The van der Waals surface area contributed by atoms with Gasteiger partial charge in [0.15, 0.2) is 0 Å². The molecule has 11 heteroatoms. The summed E-state index contributed by atoms with van der Waals surface area (Å²) in [5, 5.41) is 31.4. The molecule has 1 atom stereocenters. The third kappa shape index (κ3) is 3.74. The van der Waals surface area contributed by atoms with E-state index < -0.39 is 11.5 Å². The van der Waals surface area contributed by atoms with Crippen molar-refractivity contribution in [3.05, 3.63) is 46.9 Å². The van der Waals surface area contributed by atoms with Crippen LogP contribution in [0, 0.1) is 16.7 Å². The first-order chi connectivity index (χ1) is 16.4. The molecule has 2 aromatic rings. The van der Waals surface area contributed by atoms with Gasteiger partial charge in [0.25, 0.3) is 0 Å². The van der Waals surface area contributed by atoms with Gasteiger partial charge in [0, 0.05) is 13.1 Å². The number of amides is 1. The number of cyclic esters (lactones) is 1. The Morgan fingerprint density at radius 2 is 2.00 bits per heavy atom. The van der Waals surface area contributed by atoms with Crippen molar-refractivity contribution in [3.63, 3.8) is 0 Å². The lowest BCUT2D eigenvalue weighted by molar-refractivity contribution is -0.138. The topological polar surface area (TPSA) is 137 Å². The zero-order chi connectivity index (χ0) is 23.9. The second kappa shape index (κ2) is 8.62. The van der Waals surface area contributed by atoms with Crippen molar-refractivity contribution in [2.45, 2.75) is 32.3 Å². The number of β-amino-alcohol motifs (C(OH)–C–C–N with tert-alkyl or cyclic N) is 1. The molecule has 1 N–H and O–H groups in total. The van der Waals surface area contributed by atoms with E-state index in [4.69, 9.17) is 4.74 Å². The van der Waals surface area contributed by atoms with E-state index >= 15 is 0 Å². The number of piperidine rings is 1. The number of tetrazole rings is 1. The number of carbonyl (C=O) groups is 2. The molecule has 1 aromatic heterocycles. The van der Waals surface area contributed by atoms with Gasteiger partial charge in [0.05, 0.1) is 34.0 Å². The number of carbonyl (C=O) groups excluding carboxylic acids is 2. The summed E-state index contributed by atoms with van der Waals surface area (Å²) in [6.07, 6.45) is 2.82. The highest BCUT2D eigenvalue weighted by Gasteiger charge is 2.50. The summed E-state index contributed by atoms with van der Waals surface area (Å²) in [5.41, 5.74) is 2.37. The van der Waals surface area contributed by atoms with Crippen molar-refractivity contribution in [3.8, 4) is 11.8 Å². The van der Waals surface area contributed by atoms with Gasteiger partial charge in [-0.1, -0.05) is 6.07 Å². The molecule has 11 nitrogen and oxygen atoms in total. The van der Waals surface area contributed by atoms with E-state index in [0.717, 1.165) is 6.42 Å². The zero-order valence-electron chi connectivity index (χ0n) is 18.8. The maximum atomic E-state index is 13.3. The van der Waals surface area contributed by atoms with Crippen LogP contribution < -0.4 is 0 Å². The van der Waals surface area contributed by atoms with Crippen LogP contribution in [0.1, 0.15) is 43.4 Å². The minimum atomic E-state index is -0.769. The van der Waals surface area contributed by atoms with Gasteiger partial charge in [-0.3, -0.25) is 4.79 Å². The molecule has 34 heavy (non-hydrogen) atoms. The third-order valence-corrected chi connectivity index (χ3v) is 7.28. The number of rotatable bonds is 5. The van der Waals surface area contributed by atoms with Crippen LogP contribution in [-0.2, 0) is 14.3 Å². The van der Waals surface area contributed by atoms with Gasteiger partial charge in [0.1, 0.15) is 19.0 Å². The molecule has 0 unspecified atom stereocenters. The van der Waals surface area contributed by atoms with Gasteiger partial charge in [-0.05, 0) is 67.4 Å². The van der Waals surface area contributed by atoms with Gasteiger partial charge < -0.3 is 19.6 Å². The number of esters is 1. The molecule has 1 spiro atoms. The first-order valence-electron chi connectivity index (χ1n) is 11.3. The molecule has 0 radical (unpaired) electrons. The summed E-state index contributed by atoms with van der Waals surface area (Å²) in [4.78, 5) is 28.9. The Balaban J connectivity index is 1.22. The van der Waals surface area contributed by atoms with Crippen molar-refractivity contribution in [1.29, 1.82) is 5.26 Å². The van der Waals surface area contributed by atoms with Crippen LogP contribution in [0.2, 0.25) is 0 Å². The van der Waals surface area contributed by atoms with Crippen molar-refractivity contribution < 1.29 is 19.4 Å². The van der Waals surface area contributed by atoms with E-state index in [1.54, 1.807) is 30.0 Å². The first-order valence-corrected chi connectivity index (χ1v) is 11.3. The second-order valence-electron chi connectivity index (χ2n) is 9.09. The molecule has 4 heterocycles. The van der Waals surface area contributed by atoms with Gasteiger partial charge in [0.2, 0.25) is 5.91 Å². The number of ether oxygens (including phenoxy) is 1. The predicted molar refractivity (Wildman–Crippen MR) is 117 cm³/mol. The molecule has 0 saturated carbocycles. The normalized spacial score (nSPS) is 21.3. The van der Waals surface area contributed by atoms with Gasteiger partial charge in [-0.2, -0.15) is 9.94 Å². The minimum Gasteiger partial charge on any atom is -0.456 e. The van der Waals surface area contributed by atoms with Crippen molar-refractivity contribution in [1.82, 2.24) is 30.0 Å². The van der Waals surface area contributed by atoms with Crippen molar-refractivity contribution >= 4 is 11.9 Å². The van der Waals surface area contributed by atoms with Crippen LogP contribution in [0.3, 0.4) is 0 Å². The van der Waals surface area contributed by atoms with E-state index in [2.05, 4.69) is 26.5 Å². The Kier molecular flexibility index (Phi) is 5.63. The summed E-state index contributed by atoms with van der Waals surface area (Å²) in [5.74, 6) is -0.268. The summed E-state index contributed by atoms with van der Waals surface area (Å²) in [6, 6.07) is 7.29. The maximum Gasteiger partial charge on any atom is 0.336 e. The summed E-state index contributed by atoms with van der Waals surface area (Å²) >= 11 is 0. The largest absolute Gasteiger partial charge is 0.456 e. The Bertz CT molecular complexity index is 1190. The van der Waals surface area contributed by atoms with Crippen LogP contribution in [0.25, 0.3) is 5.69 Å². The lowest BCUT2D eigenvalue weighted by Gasteiger charge is -2.38. The lowest BCUT2D eigenvalue weighted by Crippen LogP contribution is -2.45. The molecule has 3 aliphatic rings. The zero-order valence-corrected chi connectivity index (χ0v) is 18.8. The van der Waals surface area contributed by atoms with Crippen LogP contribution in [0.15, 0.2) is 35.8 Å². The number of nitrogens with zero attached hydrogens (tertiary/aromatic N) is 7. The number of nitriles is 1. The number of benzene rings is 1. The van der Waals surface area contributed by atoms with Crippen LogP contribution in [0.5, 0.6) is 0 Å². The van der Waals surface area contributed by atoms with E-state index in [1.165, 1.54) is 11.0 Å². The van der Waals surface area contributed by atoms with Gasteiger partial charge in [-0.25, -0.2) is 4.79 Å². The average Bonchev–Trinajstić information content (AvgIpc) is 3.57. The summed E-state index contributed by atoms with van der Waals surface area (Å²) < 4.78 is 6.50. The van der Waals surface area contributed by atoms with E-state index in [-0.39, 0.29) is 18.5 Å². The summed E-state index contributed by atoms with van der Waals surface area (Å²) in [6.45, 7) is 4.28. The highest BCUT2D eigenvalue weighted by molar-refractivity contribution is 5.94. The highest BCUT2D eigenvalue weighted by atomic mass is 16.5. The number of hydrogen-bond donors (Lipinski definition) is 1. The van der Waals surface area contributed by atoms with Crippen molar-refractivity contribution in [2.75, 3.05) is 32.8 Å². The van der Waals surface area contributed by atoms with Crippen LogP contribution in [0.4, 0.5) is 0 Å². The molecular weight excluding hydrogens is 438 g/mol. The molecule has 5 rings (SSSR count). The number of aliphatic hydroxyl groups is 1. The van der Waals surface area contributed by atoms with E-state index in [9.17, 15) is 20.0 Å². The Morgan fingerprint density at radius 1 is 1.24 bits per heavy atom. The average molecular weight is 463 g/mol. The Morgan fingerprint density at radius 3 is 2.65 bits per heavy atom. The van der Waals surface area contributed by atoms with Gasteiger partial charge in [-0.15, -0.1) is 5.10 Å². The SMILES string of the molecule is CC1=C(N2CCC3(CCN(C[C@@H](O)c4ccc(-n5cnnn5)c(C#N)c4)CC3)C2=O)COC1=O. The molecule has 2 fully saturated rings. The monoisotopic (exact) mass is 463 g/mol. The molecule has 1 aromatic carbocycles. The first kappa shape index (κ1) is 22.2. The smallest absolute Gasteiger partial charge is 0.336 e. The fourth-order valence-electron chi connectivity index (χ4n) is 5.13. The molecule has 0 aliphatic carbocycles. The number of hydrogen-bond acceptors (Lipinski definition) is 9. The lowest BCUT2D eigenvalue weighted by atomic mass is 9.77.